The molecule has 0 spiro atoms. The molecule has 148 valence electrons. The maximum Gasteiger partial charge on any atom is 0.408 e. The predicted molar refractivity (Wildman–Crippen MR) is 101 cm³/mol. The van der Waals surface area contributed by atoms with Crippen molar-refractivity contribution in [2.24, 2.45) is 0 Å². The van der Waals surface area contributed by atoms with Crippen LogP contribution >= 0.6 is 11.8 Å². The van der Waals surface area contributed by atoms with Crippen LogP contribution in [0.15, 0.2) is 28.8 Å². The molecule has 3 rings (SSSR count). The molecule has 1 aliphatic heterocycles. The largest absolute Gasteiger partial charge is 0.464 e. The van der Waals surface area contributed by atoms with Gasteiger partial charge in [0.05, 0.1) is 22.6 Å². The predicted octanol–water partition coefficient (Wildman–Crippen LogP) is 2.29. The number of ether oxygens (including phenoxy) is 2. The number of nitrogens with zero attached hydrogens (tertiary/aromatic N) is 1. The van der Waals surface area contributed by atoms with Gasteiger partial charge in [0.2, 0.25) is 11.6 Å². The molecule has 2 aliphatic rings. The summed E-state index contributed by atoms with van der Waals surface area (Å²) in [6, 6.07) is 3.07. The van der Waals surface area contributed by atoms with Crippen molar-refractivity contribution in [2.45, 2.75) is 38.8 Å². The fourth-order valence-electron chi connectivity index (χ4n) is 3.05. The lowest BCUT2D eigenvalue weighted by atomic mass is 9.81. The Labute approximate surface area is 166 Å². The van der Waals surface area contributed by atoms with Crippen molar-refractivity contribution >= 4 is 35.4 Å². The first-order valence-electron chi connectivity index (χ1n) is 8.71. The Kier molecular flexibility index (Phi) is 5.05. The number of pyridine rings is 1. The average molecular weight is 404 g/mol. The van der Waals surface area contributed by atoms with Crippen molar-refractivity contribution in [3.8, 4) is 0 Å². The van der Waals surface area contributed by atoms with Gasteiger partial charge in [-0.2, -0.15) is 0 Å². The van der Waals surface area contributed by atoms with Crippen LogP contribution in [0.1, 0.15) is 48.5 Å². The zero-order valence-corrected chi connectivity index (χ0v) is 16.8. The molecule has 1 atom stereocenters. The van der Waals surface area contributed by atoms with Gasteiger partial charge in [0.1, 0.15) is 11.3 Å². The maximum absolute atomic E-state index is 13.1. The Morgan fingerprint density at radius 2 is 2.00 bits per heavy atom. The van der Waals surface area contributed by atoms with Gasteiger partial charge < -0.3 is 14.8 Å². The summed E-state index contributed by atoms with van der Waals surface area (Å²) in [4.78, 5) is 55.5. The summed E-state index contributed by atoms with van der Waals surface area (Å²) in [6.07, 6.45) is 0.507. The number of carbonyl (C=O) groups is 4. The minimum absolute atomic E-state index is 0.0425. The Morgan fingerprint density at radius 1 is 1.29 bits per heavy atom. The van der Waals surface area contributed by atoms with Gasteiger partial charge in [-0.15, -0.1) is 11.8 Å². The number of alkyl carbamates (subject to hydrolysis) is 1. The summed E-state index contributed by atoms with van der Waals surface area (Å²) < 4.78 is 10.4. The first kappa shape index (κ1) is 20.1. The molecule has 0 aromatic carbocycles. The molecule has 1 amide bonds. The lowest BCUT2D eigenvalue weighted by Crippen LogP contribution is -2.59. The fourth-order valence-corrected chi connectivity index (χ4v) is 4.40. The lowest BCUT2D eigenvalue weighted by molar-refractivity contribution is -0.148. The molecule has 1 N–H and O–H groups in total. The number of hydrogen-bond donors (Lipinski definition) is 1. The minimum Gasteiger partial charge on any atom is -0.464 e. The van der Waals surface area contributed by atoms with Crippen LogP contribution in [-0.2, 0) is 14.3 Å². The summed E-state index contributed by atoms with van der Waals surface area (Å²) in [5, 5.41) is 2.50. The van der Waals surface area contributed by atoms with E-state index in [4.69, 9.17) is 9.47 Å². The van der Waals surface area contributed by atoms with Crippen LogP contribution in [0.3, 0.4) is 0 Å². The molecule has 0 fully saturated rings. The summed E-state index contributed by atoms with van der Waals surface area (Å²) in [5.41, 5.74) is -2.62. The third-order valence-corrected chi connectivity index (χ3v) is 5.38. The van der Waals surface area contributed by atoms with Crippen LogP contribution in [0.25, 0.3) is 0 Å². The number of thioether (sulfide) groups is 1. The molecule has 0 saturated heterocycles. The Bertz CT molecular complexity index is 917. The second-order valence-corrected chi connectivity index (χ2v) is 8.29. The molecule has 1 aliphatic carbocycles. The second kappa shape index (κ2) is 7.05. The smallest absolute Gasteiger partial charge is 0.408 e. The lowest BCUT2D eigenvalue weighted by Gasteiger charge is -2.31. The number of fused-ring (bicyclic) bond motifs is 1. The van der Waals surface area contributed by atoms with Gasteiger partial charge in [-0.1, -0.05) is 0 Å². The van der Waals surface area contributed by atoms with E-state index in [1.54, 1.807) is 33.8 Å². The van der Waals surface area contributed by atoms with E-state index in [0.717, 1.165) is 11.8 Å². The molecule has 9 heteroatoms. The van der Waals surface area contributed by atoms with Crippen LogP contribution in [-0.4, -0.2) is 52.1 Å². The maximum atomic E-state index is 13.1. The van der Waals surface area contributed by atoms with Gasteiger partial charge in [-0.25, -0.2) is 9.59 Å². The van der Waals surface area contributed by atoms with Gasteiger partial charge in [0.25, 0.3) is 0 Å². The van der Waals surface area contributed by atoms with Crippen LogP contribution in [0.4, 0.5) is 4.79 Å². The quantitative estimate of drug-likeness (QED) is 0.764. The Balaban J connectivity index is 2.09. The molecule has 0 bridgehead atoms. The molecule has 28 heavy (non-hydrogen) atoms. The van der Waals surface area contributed by atoms with E-state index < -0.39 is 34.8 Å². The summed E-state index contributed by atoms with van der Waals surface area (Å²) >= 11 is 1.03. The van der Waals surface area contributed by atoms with E-state index in [1.165, 1.54) is 12.3 Å². The first-order valence-corrected chi connectivity index (χ1v) is 9.69. The molecule has 0 radical (unpaired) electrons. The van der Waals surface area contributed by atoms with Crippen LogP contribution in [0.5, 0.6) is 0 Å². The number of aromatic nitrogens is 1. The van der Waals surface area contributed by atoms with E-state index >= 15 is 0 Å². The summed E-state index contributed by atoms with van der Waals surface area (Å²) in [6.45, 7) is 6.68. The number of rotatable bonds is 3. The number of allylic oxidation sites excluding steroid dienone is 1. The molecule has 8 nitrogen and oxygen atoms in total. The monoisotopic (exact) mass is 404 g/mol. The van der Waals surface area contributed by atoms with Gasteiger partial charge in [0.15, 0.2) is 5.54 Å². The summed E-state index contributed by atoms with van der Waals surface area (Å²) in [5.74, 6) is -1.86. The molecule has 2 heterocycles. The van der Waals surface area contributed by atoms with Crippen molar-refractivity contribution in [1.29, 1.82) is 0 Å². The Hall–Kier alpha value is -2.68. The Morgan fingerprint density at radius 3 is 2.64 bits per heavy atom. The van der Waals surface area contributed by atoms with Crippen molar-refractivity contribution in [2.75, 3.05) is 12.4 Å². The van der Waals surface area contributed by atoms with E-state index in [-0.39, 0.29) is 34.1 Å². The van der Waals surface area contributed by atoms with Gasteiger partial charge in [-0.3, -0.25) is 14.6 Å². The second-order valence-electron chi connectivity index (χ2n) is 7.30. The third kappa shape index (κ3) is 3.30. The van der Waals surface area contributed by atoms with E-state index in [1.807, 2.05) is 0 Å². The van der Waals surface area contributed by atoms with Gasteiger partial charge in [0, 0.05) is 11.9 Å². The SMILES string of the molecule is CCOC(=O)C1(NC(=O)OC(C)(C)C)CSC2=C1C(=O)c1ncccc1C2=O. The minimum atomic E-state index is -1.82. The number of ketones is 2. The van der Waals surface area contributed by atoms with Crippen LogP contribution in [0.2, 0.25) is 0 Å². The third-order valence-electron chi connectivity index (χ3n) is 4.13. The standard InChI is InChI=1S/C19H20N2O6S/c1-5-26-16(24)19(21-17(25)27-18(2,3)4)9-28-15-11(19)14(23)12-10(13(15)22)7-6-8-20-12/h6-8H,5,9H2,1-4H3,(H,21,25). The normalized spacial score (nSPS) is 21.1. The van der Waals surface area contributed by atoms with Gasteiger partial charge in [-0.05, 0) is 39.8 Å². The molecule has 1 aromatic heterocycles. The van der Waals surface area contributed by atoms with Crippen LogP contribution < -0.4 is 5.32 Å². The molecular formula is C19H20N2O6S. The van der Waals surface area contributed by atoms with Crippen molar-refractivity contribution < 1.29 is 28.7 Å². The number of amides is 1. The number of carbonyl (C=O) groups excluding carboxylic acids is 4. The topological polar surface area (TPSA) is 112 Å². The van der Waals surface area contributed by atoms with Crippen molar-refractivity contribution in [1.82, 2.24) is 10.3 Å². The highest BCUT2D eigenvalue weighted by Crippen LogP contribution is 2.45. The number of esters is 1. The highest BCUT2D eigenvalue weighted by molar-refractivity contribution is 8.04. The fraction of sp³-hybridized carbons (Fsp3) is 0.421. The number of hydrogen-bond acceptors (Lipinski definition) is 8. The van der Waals surface area contributed by atoms with E-state index in [2.05, 4.69) is 10.3 Å². The molecule has 1 aromatic rings. The number of Topliss-reactive ketones (excluding diaryl/α,β-unsaturated/α-hetero) is 2. The summed E-state index contributed by atoms with van der Waals surface area (Å²) in [7, 11) is 0. The zero-order chi connectivity index (χ0) is 20.7. The highest BCUT2D eigenvalue weighted by Gasteiger charge is 2.57. The number of nitrogens with one attached hydrogen (secondary N) is 1. The van der Waals surface area contributed by atoms with Crippen LogP contribution in [0, 0.1) is 0 Å². The van der Waals surface area contributed by atoms with Crippen molar-refractivity contribution in [3.05, 3.63) is 40.1 Å². The van der Waals surface area contributed by atoms with E-state index in [9.17, 15) is 19.2 Å². The molecular weight excluding hydrogens is 384 g/mol. The first-order chi connectivity index (χ1) is 13.1. The zero-order valence-electron chi connectivity index (χ0n) is 16.0. The van der Waals surface area contributed by atoms with Crippen molar-refractivity contribution in [3.63, 3.8) is 0 Å². The van der Waals surface area contributed by atoms with Gasteiger partial charge >= 0.3 is 12.1 Å². The molecule has 1 unspecified atom stereocenters. The average Bonchev–Trinajstić information content (AvgIpc) is 2.99. The highest BCUT2D eigenvalue weighted by atomic mass is 32.2. The molecule has 0 saturated carbocycles. The van der Waals surface area contributed by atoms with E-state index in [0.29, 0.717) is 0 Å².